The van der Waals surface area contributed by atoms with Gasteiger partial charge >= 0.3 is 6.18 Å². The van der Waals surface area contributed by atoms with Crippen LogP contribution in [0.2, 0.25) is 0 Å². The number of aliphatic hydroxyl groups is 1. The average molecular weight is 324 g/mol. The van der Waals surface area contributed by atoms with E-state index in [-0.39, 0.29) is 5.56 Å². The molecule has 1 unspecified atom stereocenters. The highest BCUT2D eigenvalue weighted by Crippen LogP contribution is 2.35. The molecule has 23 heavy (non-hydrogen) atoms. The Morgan fingerprint density at radius 3 is 2.48 bits per heavy atom. The minimum Gasteiger partial charge on any atom is -0.497 e. The summed E-state index contributed by atoms with van der Waals surface area (Å²) in [6.07, 6.45) is -5.70. The van der Waals surface area contributed by atoms with Gasteiger partial charge in [0.25, 0.3) is 0 Å². The number of benzene rings is 2. The molecule has 124 valence electrons. The van der Waals surface area contributed by atoms with E-state index >= 15 is 0 Å². The summed E-state index contributed by atoms with van der Waals surface area (Å²) in [4.78, 5) is 0. The lowest BCUT2D eigenvalue weighted by Crippen LogP contribution is -2.20. The summed E-state index contributed by atoms with van der Waals surface area (Å²) in [5.74, 6) is 0.685. The van der Waals surface area contributed by atoms with Crippen molar-refractivity contribution >= 4 is 0 Å². The number of ether oxygens (including phenoxy) is 1. The number of methoxy groups -OCH3 is 1. The molecule has 1 N–H and O–H groups in total. The number of rotatable bonds is 5. The molecule has 2 nitrogen and oxygen atoms in total. The molecule has 0 saturated carbocycles. The fourth-order valence-electron chi connectivity index (χ4n) is 2.52. The third kappa shape index (κ3) is 4.05. The Hall–Kier alpha value is -2.01. The van der Waals surface area contributed by atoms with Crippen LogP contribution in [0.15, 0.2) is 42.5 Å². The molecule has 0 aromatic heterocycles. The van der Waals surface area contributed by atoms with E-state index in [1.807, 2.05) is 31.2 Å². The van der Waals surface area contributed by atoms with Gasteiger partial charge in [0.05, 0.1) is 7.11 Å². The number of halogens is 3. The molecule has 2 rings (SSSR count). The molecule has 2 aromatic carbocycles. The molecule has 0 saturated heterocycles. The predicted molar refractivity (Wildman–Crippen MR) is 83.4 cm³/mol. The van der Waals surface area contributed by atoms with Crippen LogP contribution in [0.4, 0.5) is 13.2 Å². The second-order valence-electron chi connectivity index (χ2n) is 5.34. The fraction of sp³-hybridized carbons (Fsp3) is 0.333. The second kappa shape index (κ2) is 7.04. The van der Waals surface area contributed by atoms with Crippen LogP contribution in [0, 0.1) is 0 Å². The van der Waals surface area contributed by atoms with Gasteiger partial charge in [-0.2, -0.15) is 13.2 Å². The van der Waals surface area contributed by atoms with Crippen LogP contribution in [-0.4, -0.2) is 18.4 Å². The molecule has 0 radical (unpaired) electrons. The third-order valence-corrected chi connectivity index (χ3v) is 3.66. The van der Waals surface area contributed by atoms with E-state index < -0.39 is 12.3 Å². The largest absolute Gasteiger partial charge is 0.497 e. The maximum Gasteiger partial charge on any atom is 0.418 e. The number of aryl methyl sites for hydroxylation is 1. The minimum atomic E-state index is -4.67. The Labute approximate surface area is 133 Å². The van der Waals surface area contributed by atoms with Gasteiger partial charge in [0, 0.05) is 0 Å². The Morgan fingerprint density at radius 2 is 1.87 bits per heavy atom. The van der Waals surface area contributed by atoms with Gasteiger partial charge in [-0.05, 0) is 40.8 Å². The second-order valence-corrected chi connectivity index (χ2v) is 5.34. The van der Waals surface area contributed by atoms with Gasteiger partial charge in [-0.25, -0.2) is 0 Å². The van der Waals surface area contributed by atoms with Crippen molar-refractivity contribution < 1.29 is 23.0 Å². The standard InChI is InChI=1S/C18H19F3O2/c1-3-5-12-10-14(17(22)18(19,20)21)8-9-16(12)13-6-4-7-15(11-13)23-2/h4,6-11,17,22H,3,5H2,1-2H3. The zero-order valence-electron chi connectivity index (χ0n) is 13.0. The quantitative estimate of drug-likeness (QED) is 0.847. The summed E-state index contributed by atoms with van der Waals surface area (Å²) in [5.41, 5.74) is 2.37. The van der Waals surface area contributed by atoms with E-state index in [0.717, 1.165) is 23.1 Å². The van der Waals surface area contributed by atoms with Crippen LogP contribution in [0.1, 0.15) is 30.6 Å². The molecule has 0 amide bonds. The molecule has 2 aromatic rings. The van der Waals surface area contributed by atoms with Gasteiger partial charge < -0.3 is 9.84 Å². The summed E-state index contributed by atoms with van der Waals surface area (Å²) in [7, 11) is 1.56. The first-order chi connectivity index (χ1) is 10.9. The first-order valence-corrected chi connectivity index (χ1v) is 7.38. The number of alkyl halides is 3. The van der Waals surface area contributed by atoms with Crippen molar-refractivity contribution in [3.8, 4) is 16.9 Å². The van der Waals surface area contributed by atoms with E-state index in [4.69, 9.17) is 4.74 Å². The molecule has 0 spiro atoms. The minimum absolute atomic E-state index is 0.132. The average Bonchev–Trinajstić information content (AvgIpc) is 2.53. The molecule has 0 fully saturated rings. The summed E-state index contributed by atoms with van der Waals surface area (Å²) in [6.45, 7) is 1.96. The molecular weight excluding hydrogens is 305 g/mol. The first-order valence-electron chi connectivity index (χ1n) is 7.38. The summed E-state index contributed by atoms with van der Waals surface area (Å²) < 4.78 is 43.3. The molecule has 5 heteroatoms. The van der Waals surface area contributed by atoms with Crippen molar-refractivity contribution in [3.05, 3.63) is 53.6 Å². The molecule has 0 aliphatic heterocycles. The SMILES string of the molecule is CCCc1cc(C(O)C(F)(F)F)ccc1-c1cccc(OC)c1. The van der Waals surface area contributed by atoms with Gasteiger partial charge in [0.1, 0.15) is 5.75 Å². The highest BCUT2D eigenvalue weighted by molar-refractivity contribution is 5.69. The van der Waals surface area contributed by atoms with Crippen LogP contribution in [0.25, 0.3) is 11.1 Å². The number of aliphatic hydroxyl groups excluding tert-OH is 1. The van der Waals surface area contributed by atoms with Crippen LogP contribution >= 0.6 is 0 Å². The van der Waals surface area contributed by atoms with Crippen LogP contribution in [0.3, 0.4) is 0 Å². The Morgan fingerprint density at radius 1 is 1.13 bits per heavy atom. The van der Waals surface area contributed by atoms with Crippen LogP contribution < -0.4 is 4.74 Å². The molecule has 0 aliphatic carbocycles. The lowest BCUT2D eigenvalue weighted by atomic mass is 9.93. The predicted octanol–water partition coefficient (Wildman–Crippen LogP) is 4.91. The zero-order chi connectivity index (χ0) is 17.0. The maximum atomic E-state index is 12.7. The van der Waals surface area contributed by atoms with Crippen molar-refractivity contribution in [1.82, 2.24) is 0 Å². The van der Waals surface area contributed by atoms with E-state index in [1.54, 1.807) is 13.2 Å². The Balaban J connectivity index is 2.48. The molecule has 1 atom stereocenters. The number of hydrogen-bond donors (Lipinski definition) is 1. The zero-order valence-corrected chi connectivity index (χ0v) is 13.0. The maximum absolute atomic E-state index is 12.7. The first kappa shape index (κ1) is 17.3. The molecule has 0 heterocycles. The lowest BCUT2D eigenvalue weighted by Gasteiger charge is -2.18. The van der Waals surface area contributed by atoms with Crippen molar-refractivity contribution in [2.75, 3.05) is 7.11 Å². The number of hydrogen-bond acceptors (Lipinski definition) is 2. The van der Waals surface area contributed by atoms with E-state index in [9.17, 15) is 18.3 Å². The van der Waals surface area contributed by atoms with Crippen molar-refractivity contribution in [2.24, 2.45) is 0 Å². The summed E-state index contributed by atoms with van der Waals surface area (Å²) >= 11 is 0. The van der Waals surface area contributed by atoms with Crippen molar-refractivity contribution in [2.45, 2.75) is 32.0 Å². The van der Waals surface area contributed by atoms with Gasteiger partial charge in [-0.1, -0.05) is 43.7 Å². The highest BCUT2D eigenvalue weighted by atomic mass is 19.4. The monoisotopic (exact) mass is 324 g/mol. The van der Waals surface area contributed by atoms with Gasteiger partial charge in [0.2, 0.25) is 0 Å². The van der Waals surface area contributed by atoms with Gasteiger partial charge in [0.15, 0.2) is 6.10 Å². The van der Waals surface area contributed by atoms with Crippen LogP contribution in [-0.2, 0) is 6.42 Å². The third-order valence-electron chi connectivity index (χ3n) is 3.66. The topological polar surface area (TPSA) is 29.5 Å². The van der Waals surface area contributed by atoms with Crippen molar-refractivity contribution in [3.63, 3.8) is 0 Å². The summed E-state index contributed by atoms with van der Waals surface area (Å²) in [5, 5.41) is 9.45. The van der Waals surface area contributed by atoms with Crippen molar-refractivity contribution in [1.29, 1.82) is 0 Å². The van der Waals surface area contributed by atoms with E-state index in [2.05, 4.69) is 0 Å². The van der Waals surface area contributed by atoms with E-state index in [0.29, 0.717) is 12.2 Å². The summed E-state index contributed by atoms with van der Waals surface area (Å²) in [6, 6.07) is 11.8. The highest BCUT2D eigenvalue weighted by Gasteiger charge is 2.39. The fourth-order valence-corrected chi connectivity index (χ4v) is 2.52. The molecule has 0 aliphatic rings. The smallest absolute Gasteiger partial charge is 0.418 e. The Bertz CT molecular complexity index is 666. The van der Waals surface area contributed by atoms with Crippen LogP contribution in [0.5, 0.6) is 5.75 Å². The van der Waals surface area contributed by atoms with Gasteiger partial charge in [-0.3, -0.25) is 0 Å². The van der Waals surface area contributed by atoms with E-state index in [1.165, 1.54) is 12.1 Å². The Kier molecular flexibility index (Phi) is 5.31. The lowest BCUT2D eigenvalue weighted by molar-refractivity contribution is -0.206. The molecular formula is C18H19F3O2. The normalized spacial score (nSPS) is 13.0. The molecule has 0 bridgehead atoms. The van der Waals surface area contributed by atoms with Gasteiger partial charge in [-0.15, -0.1) is 0 Å².